The highest BCUT2D eigenvalue weighted by molar-refractivity contribution is 5.93. The zero-order chi connectivity index (χ0) is 15.6. The Labute approximate surface area is 123 Å². The molecule has 21 heavy (non-hydrogen) atoms. The topological polar surface area (TPSA) is 88.6 Å². The molecular formula is C14H21N3O4. The second kappa shape index (κ2) is 5.85. The third-order valence-electron chi connectivity index (χ3n) is 4.07. The number of likely N-dealkylation sites (N-methyl/N-ethyl adjacent to an activating group) is 1. The van der Waals surface area contributed by atoms with Crippen LogP contribution in [0.25, 0.3) is 0 Å². The lowest BCUT2D eigenvalue weighted by molar-refractivity contribution is -0.384. The Bertz CT molecular complexity index is 546. The molecule has 1 aliphatic carbocycles. The zero-order valence-corrected chi connectivity index (χ0v) is 12.4. The zero-order valence-electron chi connectivity index (χ0n) is 12.4. The molecule has 0 aromatic carbocycles. The van der Waals surface area contributed by atoms with Crippen molar-refractivity contribution in [2.45, 2.75) is 44.8 Å². The van der Waals surface area contributed by atoms with Gasteiger partial charge in [-0.1, -0.05) is 12.8 Å². The number of nitro groups is 1. The van der Waals surface area contributed by atoms with Crippen molar-refractivity contribution in [3.63, 3.8) is 0 Å². The largest absolute Gasteiger partial charge is 0.388 e. The fraction of sp³-hybridized carbons (Fsp3) is 0.643. The van der Waals surface area contributed by atoms with Crippen LogP contribution in [0.5, 0.6) is 0 Å². The van der Waals surface area contributed by atoms with Gasteiger partial charge in [0.05, 0.1) is 16.7 Å². The first kappa shape index (κ1) is 15.5. The van der Waals surface area contributed by atoms with E-state index >= 15 is 0 Å². The summed E-state index contributed by atoms with van der Waals surface area (Å²) in [5.41, 5.74) is -0.624. The van der Waals surface area contributed by atoms with E-state index < -0.39 is 10.5 Å². The van der Waals surface area contributed by atoms with E-state index in [-0.39, 0.29) is 23.8 Å². The van der Waals surface area contributed by atoms with Crippen LogP contribution in [0.2, 0.25) is 0 Å². The van der Waals surface area contributed by atoms with E-state index in [4.69, 9.17) is 0 Å². The van der Waals surface area contributed by atoms with Gasteiger partial charge in [0.25, 0.3) is 11.6 Å². The minimum absolute atomic E-state index is 0.0896. The van der Waals surface area contributed by atoms with E-state index in [2.05, 4.69) is 0 Å². The number of carbonyl (C=O) groups is 1. The van der Waals surface area contributed by atoms with E-state index in [1.807, 2.05) is 6.92 Å². The molecule has 2 rings (SSSR count). The average Bonchev–Trinajstić information content (AvgIpc) is 3.04. The molecule has 7 nitrogen and oxygen atoms in total. The third-order valence-corrected chi connectivity index (χ3v) is 4.07. The van der Waals surface area contributed by atoms with E-state index in [9.17, 15) is 20.0 Å². The molecule has 1 saturated carbocycles. The highest BCUT2D eigenvalue weighted by atomic mass is 16.6. The first-order valence-corrected chi connectivity index (χ1v) is 7.19. The Morgan fingerprint density at radius 1 is 1.52 bits per heavy atom. The van der Waals surface area contributed by atoms with Crippen molar-refractivity contribution in [1.82, 2.24) is 9.47 Å². The molecule has 0 saturated heterocycles. The third kappa shape index (κ3) is 3.24. The van der Waals surface area contributed by atoms with Crippen LogP contribution in [0, 0.1) is 10.1 Å². The molecule has 0 unspecified atom stereocenters. The predicted octanol–water partition coefficient (Wildman–Crippen LogP) is 1.79. The van der Waals surface area contributed by atoms with Crippen molar-refractivity contribution < 1.29 is 14.8 Å². The summed E-state index contributed by atoms with van der Waals surface area (Å²) >= 11 is 0. The summed E-state index contributed by atoms with van der Waals surface area (Å²) in [6.45, 7) is 2.56. The molecule has 1 aromatic rings. The van der Waals surface area contributed by atoms with E-state index in [1.54, 1.807) is 11.6 Å². The van der Waals surface area contributed by atoms with E-state index in [0.717, 1.165) is 12.8 Å². The van der Waals surface area contributed by atoms with Gasteiger partial charge in [0.1, 0.15) is 5.69 Å². The van der Waals surface area contributed by atoms with Crippen LogP contribution < -0.4 is 0 Å². The molecule has 0 radical (unpaired) electrons. The van der Waals surface area contributed by atoms with Gasteiger partial charge in [-0.2, -0.15) is 0 Å². The summed E-state index contributed by atoms with van der Waals surface area (Å²) in [5, 5.41) is 21.2. The van der Waals surface area contributed by atoms with Crippen LogP contribution in [-0.2, 0) is 6.54 Å². The fourth-order valence-electron chi connectivity index (χ4n) is 2.94. The number of hydrogen-bond donors (Lipinski definition) is 1. The standard InChI is InChI=1S/C14H21N3O4/c1-3-16-9-11(17(20)21)8-12(16)13(18)15(2)10-14(19)6-4-5-7-14/h8-9,19H,3-7,10H2,1-2H3. The van der Waals surface area contributed by atoms with Gasteiger partial charge in [-0.25, -0.2) is 0 Å². The second-order valence-electron chi connectivity index (χ2n) is 5.72. The maximum atomic E-state index is 12.5. The lowest BCUT2D eigenvalue weighted by atomic mass is 10.0. The molecule has 1 heterocycles. The highest BCUT2D eigenvalue weighted by Crippen LogP contribution is 2.30. The van der Waals surface area contributed by atoms with Crippen molar-refractivity contribution in [2.75, 3.05) is 13.6 Å². The van der Waals surface area contributed by atoms with Gasteiger partial charge in [-0.15, -0.1) is 0 Å². The second-order valence-corrected chi connectivity index (χ2v) is 5.72. The molecule has 0 bridgehead atoms. The van der Waals surface area contributed by atoms with Crippen molar-refractivity contribution in [2.24, 2.45) is 0 Å². The molecule has 1 amide bonds. The van der Waals surface area contributed by atoms with Gasteiger partial charge in [0, 0.05) is 26.2 Å². The average molecular weight is 295 g/mol. The van der Waals surface area contributed by atoms with Crippen LogP contribution in [0.15, 0.2) is 12.3 Å². The van der Waals surface area contributed by atoms with Crippen molar-refractivity contribution in [1.29, 1.82) is 0 Å². The van der Waals surface area contributed by atoms with Gasteiger partial charge in [0.2, 0.25) is 0 Å². The van der Waals surface area contributed by atoms with Gasteiger partial charge < -0.3 is 14.6 Å². The quantitative estimate of drug-likeness (QED) is 0.662. The molecule has 1 aromatic heterocycles. The highest BCUT2D eigenvalue weighted by Gasteiger charge is 2.34. The van der Waals surface area contributed by atoms with E-state index in [0.29, 0.717) is 19.4 Å². The van der Waals surface area contributed by atoms with Crippen LogP contribution in [0.1, 0.15) is 43.1 Å². The normalized spacial score (nSPS) is 16.9. The Morgan fingerprint density at radius 3 is 2.67 bits per heavy atom. The van der Waals surface area contributed by atoms with Gasteiger partial charge in [0.15, 0.2) is 0 Å². The van der Waals surface area contributed by atoms with Gasteiger partial charge in [-0.05, 0) is 19.8 Å². The number of aliphatic hydroxyl groups is 1. The fourth-order valence-corrected chi connectivity index (χ4v) is 2.94. The maximum absolute atomic E-state index is 12.5. The van der Waals surface area contributed by atoms with Crippen LogP contribution in [0.4, 0.5) is 5.69 Å². The molecule has 116 valence electrons. The summed E-state index contributed by atoms with van der Waals surface area (Å²) in [5.74, 6) is -0.301. The monoisotopic (exact) mass is 295 g/mol. The SMILES string of the molecule is CCn1cc([N+](=O)[O-])cc1C(=O)N(C)CC1(O)CCCC1. The Morgan fingerprint density at radius 2 is 2.14 bits per heavy atom. The Balaban J connectivity index is 2.16. The minimum Gasteiger partial charge on any atom is -0.388 e. The van der Waals surface area contributed by atoms with Gasteiger partial charge in [-0.3, -0.25) is 14.9 Å². The molecule has 1 aliphatic rings. The minimum atomic E-state index is -0.819. The lowest BCUT2D eigenvalue weighted by Crippen LogP contribution is -2.42. The summed E-state index contributed by atoms with van der Waals surface area (Å²) in [4.78, 5) is 24.2. The maximum Gasteiger partial charge on any atom is 0.287 e. The summed E-state index contributed by atoms with van der Waals surface area (Å²) in [6, 6.07) is 1.29. The molecule has 0 spiro atoms. The van der Waals surface area contributed by atoms with Crippen LogP contribution >= 0.6 is 0 Å². The summed E-state index contributed by atoms with van der Waals surface area (Å²) < 4.78 is 1.57. The Kier molecular flexibility index (Phi) is 4.32. The van der Waals surface area contributed by atoms with Crippen LogP contribution in [0.3, 0.4) is 0 Å². The molecule has 7 heteroatoms. The first-order valence-electron chi connectivity index (χ1n) is 7.19. The van der Waals surface area contributed by atoms with Gasteiger partial charge >= 0.3 is 0 Å². The van der Waals surface area contributed by atoms with Crippen molar-refractivity contribution >= 4 is 11.6 Å². The molecule has 1 N–H and O–H groups in total. The Hall–Kier alpha value is -1.89. The predicted molar refractivity (Wildman–Crippen MR) is 77.1 cm³/mol. The summed E-state index contributed by atoms with van der Waals surface area (Å²) in [7, 11) is 1.62. The van der Waals surface area contributed by atoms with Crippen LogP contribution in [-0.4, -0.2) is 44.6 Å². The number of aryl methyl sites for hydroxylation is 1. The lowest BCUT2D eigenvalue weighted by Gasteiger charge is -2.28. The number of aromatic nitrogens is 1. The molecule has 0 aliphatic heterocycles. The number of rotatable bonds is 5. The number of nitrogens with zero attached hydrogens (tertiary/aromatic N) is 3. The van der Waals surface area contributed by atoms with E-state index in [1.165, 1.54) is 17.2 Å². The number of hydrogen-bond acceptors (Lipinski definition) is 4. The molecular weight excluding hydrogens is 274 g/mol. The van der Waals surface area contributed by atoms with Crippen molar-refractivity contribution in [3.05, 3.63) is 28.1 Å². The number of amides is 1. The molecule has 0 atom stereocenters. The van der Waals surface area contributed by atoms with Crippen molar-refractivity contribution in [3.8, 4) is 0 Å². The smallest absolute Gasteiger partial charge is 0.287 e. The summed E-state index contributed by atoms with van der Waals surface area (Å²) in [6.07, 6.45) is 4.69. The number of carbonyl (C=O) groups excluding carboxylic acids is 1. The first-order chi connectivity index (χ1) is 9.86. The molecule has 1 fully saturated rings.